The maximum Gasteiger partial charge on any atom is 0.257 e. The smallest absolute Gasteiger partial charge is 0.257 e. The highest BCUT2D eigenvalue weighted by Crippen LogP contribution is 2.07. The molecule has 0 aliphatic carbocycles. The van der Waals surface area contributed by atoms with Gasteiger partial charge in [-0.25, -0.2) is 10.5 Å². The van der Waals surface area contributed by atoms with Gasteiger partial charge in [0.2, 0.25) is 11.9 Å². The van der Waals surface area contributed by atoms with Crippen molar-refractivity contribution in [1.29, 1.82) is 0 Å². The Kier molecular flexibility index (Phi) is 3.69. The molecule has 0 radical (unpaired) electrons. The van der Waals surface area contributed by atoms with Gasteiger partial charge < -0.3 is 5.32 Å². The van der Waals surface area contributed by atoms with E-state index in [2.05, 4.69) is 35.9 Å². The molecule has 4 N–H and O–H groups in total. The van der Waals surface area contributed by atoms with E-state index in [0.29, 0.717) is 25.0 Å². The first-order valence-electron chi connectivity index (χ1n) is 6.29. The Morgan fingerprint density at radius 3 is 2.52 bits per heavy atom. The van der Waals surface area contributed by atoms with Gasteiger partial charge in [0, 0.05) is 31.3 Å². The van der Waals surface area contributed by atoms with Crippen LogP contribution in [0.4, 0.5) is 11.9 Å². The van der Waals surface area contributed by atoms with E-state index in [1.165, 1.54) is 4.68 Å². The van der Waals surface area contributed by atoms with E-state index >= 15 is 0 Å². The minimum Gasteiger partial charge on any atom is -0.352 e. The van der Waals surface area contributed by atoms with Gasteiger partial charge in [-0.2, -0.15) is 25.1 Å². The third-order valence-corrected chi connectivity index (χ3v) is 2.65. The first-order valence-corrected chi connectivity index (χ1v) is 6.29. The molecule has 3 heterocycles. The summed E-state index contributed by atoms with van der Waals surface area (Å²) in [5, 5.41) is 11.3. The van der Waals surface area contributed by atoms with E-state index < -0.39 is 0 Å². The zero-order chi connectivity index (χ0) is 14.5. The Morgan fingerprint density at radius 1 is 1.00 bits per heavy atom. The van der Waals surface area contributed by atoms with Gasteiger partial charge in [-0.15, -0.1) is 0 Å². The van der Waals surface area contributed by atoms with Crippen LogP contribution in [0.15, 0.2) is 36.9 Å². The second-order valence-corrected chi connectivity index (χ2v) is 4.07. The van der Waals surface area contributed by atoms with E-state index in [1.54, 1.807) is 24.7 Å². The van der Waals surface area contributed by atoms with Crippen LogP contribution in [0.2, 0.25) is 0 Å². The van der Waals surface area contributed by atoms with Crippen LogP contribution in [0.1, 0.15) is 0 Å². The highest BCUT2D eigenvalue weighted by Gasteiger charge is 2.07. The Labute approximate surface area is 120 Å². The van der Waals surface area contributed by atoms with Crippen LogP contribution in [0, 0.1) is 0 Å². The predicted octanol–water partition coefficient (Wildman–Crippen LogP) is -0.349. The first kappa shape index (κ1) is 13.0. The van der Waals surface area contributed by atoms with E-state index in [9.17, 15) is 0 Å². The summed E-state index contributed by atoms with van der Waals surface area (Å²) in [6, 6.07) is 3.65. The minimum absolute atomic E-state index is 0.261. The Hall–Kier alpha value is -3.01. The molecule has 0 atom stereocenters. The molecule has 0 aliphatic heterocycles. The van der Waals surface area contributed by atoms with Gasteiger partial charge in [0.15, 0.2) is 0 Å². The second-order valence-electron chi connectivity index (χ2n) is 4.07. The monoisotopic (exact) mass is 286 g/mol. The van der Waals surface area contributed by atoms with Crippen molar-refractivity contribution in [3.05, 3.63) is 36.9 Å². The molecule has 3 rings (SSSR count). The van der Waals surface area contributed by atoms with Crippen LogP contribution >= 0.6 is 0 Å². The van der Waals surface area contributed by atoms with Crippen LogP contribution < -0.4 is 16.6 Å². The largest absolute Gasteiger partial charge is 0.352 e. The lowest BCUT2D eigenvalue weighted by atomic mass is 10.6. The van der Waals surface area contributed by atoms with Crippen LogP contribution in [0.25, 0.3) is 5.95 Å². The summed E-state index contributed by atoms with van der Waals surface area (Å²) in [6.45, 7) is 1.31. The van der Waals surface area contributed by atoms with Gasteiger partial charge in [0.05, 0.1) is 6.54 Å². The van der Waals surface area contributed by atoms with Crippen molar-refractivity contribution in [2.45, 2.75) is 6.54 Å². The molecule has 10 nitrogen and oxygen atoms in total. The zero-order valence-corrected chi connectivity index (χ0v) is 11.1. The molecule has 21 heavy (non-hydrogen) atoms. The van der Waals surface area contributed by atoms with Crippen molar-refractivity contribution in [2.24, 2.45) is 5.84 Å². The van der Waals surface area contributed by atoms with Gasteiger partial charge in [-0.3, -0.25) is 10.1 Å². The molecule has 0 spiro atoms. The zero-order valence-electron chi connectivity index (χ0n) is 11.1. The summed E-state index contributed by atoms with van der Waals surface area (Å²) in [7, 11) is 0. The van der Waals surface area contributed by atoms with Gasteiger partial charge in [-0.1, -0.05) is 0 Å². The van der Waals surface area contributed by atoms with Gasteiger partial charge in [0.1, 0.15) is 0 Å². The molecule has 0 saturated carbocycles. The fourth-order valence-electron chi connectivity index (χ4n) is 1.71. The lowest BCUT2D eigenvalue weighted by Gasteiger charge is -2.08. The molecule has 0 fully saturated rings. The van der Waals surface area contributed by atoms with Crippen LogP contribution in [-0.4, -0.2) is 41.1 Å². The first-order chi connectivity index (χ1) is 10.3. The number of nitrogens with one attached hydrogen (secondary N) is 2. The topological polar surface area (TPSA) is 124 Å². The van der Waals surface area contributed by atoms with E-state index in [1.807, 2.05) is 16.9 Å². The standard InChI is InChI=1S/C11H14N10/c12-19-10-16-9(13-5-8-20-6-1-3-14-20)17-11(18-10)21-7-2-4-15-21/h1-4,6-7H,5,8,12H2,(H2,13,16,17,18,19). The SMILES string of the molecule is NNc1nc(NCCn2cccn2)nc(-n2cccn2)n1. The Morgan fingerprint density at radius 2 is 1.81 bits per heavy atom. The van der Waals surface area contributed by atoms with E-state index in [0.717, 1.165) is 0 Å². The average molecular weight is 286 g/mol. The molecular formula is C11H14N10. The van der Waals surface area contributed by atoms with Crippen molar-refractivity contribution in [1.82, 2.24) is 34.5 Å². The number of hydrogen-bond acceptors (Lipinski definition) is 8. The molecule has 0 aliphatic rings. The Balaban J connectivity index is 1.73. The van der Waals surface area contributed by atoms with Crippen molar-refractivity contribution < 1.29 is 0 Å². The molecule has 0 aromatic carbocycles. The lowest BCUT2D eigenvalue weighted by Crippen LogP contribution is -2.18. The number of aromatic nitrogens is 7. The molecule has 0 bridgehead atoms. The molecule has 0 saturated heterocycles. The summed E-state index contributed by atoms with van der Waals surface area (Å²) in [4.78, 5) is 12.6. The van der Waals surface area contributed by atoms with E-state index in [-0.39, 0.29) is 5.95 Å². The number of rotatable bonds is 6. The minimum atomic E-state index is 0.261. The Bertz CT molecular complexity index is 675. The maximum absolute atomic E-state index is 5.37. The van der Waals surface area contributed by atoms with Gasteiger partial charge in [-0.05, 0) is 12.1 Å². The fourth-order valence-corrected chi connectivity index (χ4v) is 1.71. The van der Waals surface area contributed by atoms with Crippen LogP contribution in [0.5, 0.6) is 0 Å². The normalized spacial score (nSPS) is 10.5. The highest BCUT2D eigenvalue weighted by molar-refractivity contribution is 5.36. The predicted molar refractivity (Wildman–Crippen MR) is 75.5 cm³/mol. The lowest BCUT2D eigenvalue weighted by molar-refractivity contribution is 0.635. The number of hydrazine groups is 1. The molecule has 0 unspecified atom stereocenters. The summed E-state index contributed by atoms with van der Waals surface area (Å²) < 4.78 is 3.34. The average Bonchev–Trinajstić information content (AvgIpc) is 3.20. The van der Waals surface area contributed by atoms with Gasteiger partial charge in [0.25, 0.3) is 5.95 Å². The van der Waals surface area contributed by atoms with Crippen LogP contribution in [0.3, 0.4) is 0 Å². The van der Waals surface area contributed by atoms with Crippen molar-refractivity contribution >= 4 is 11.9 Å². The van der Waals surface area contributed by atoms with Crippen LogP contribution in [-0.2, 0) is 6.54 Å². The number of nitrogens with two attached hydrogens (primary N) is 1. The number of nitrogen functional groups attached to an aromatic ring is 1. The molecule has 3 aromatic rings. The molecular weight excluding hydrogens is 272 g/mol. The molecule has 3 aromatic heterocycles. The number of nitrogens with zero attached hydrogens (tertiary/aromatic N) is 7. The maximum atomic E-state index is 5.37. The van der Waals surface area contributed by atoms with Gasteiger partial charge >= 0.3 is 0 Å². The quantitative estimate of drug-likeness (QED) is 0.415. The highest BCUT2D eigenvalue weighted by atomic mass is 15.4. The van der Waals surface area contributed by atoms with Crippen molar-refractivity contribution in [3.8, 4) is 5.95 Å². The molecule has 10 heteroatoms. The van der Waals surface area contributed by atoms with E-state index in [4.69, 9.17) is 5.84 Å². The third kappa shape index (κ3) is 3.12. The molecule has 108 valence electrons. The second kappa shape index (κ2) is 5.96. The summed E-state index contributed by atoms with van der Waals surface area (Å²) in [5.41, 5.74) is 2.41. The number of anilines is 2. The summed E-state index contributed by atoms with van der Waals surface area (Å²) >= 11 is 0. The fraction of sp³-hybridized carbons (Fsp3) is 0.182. The summed E-state index contributed by atoms with van der Waals surface area (Å²) in [5.74, 6) is 6.43. The van der Waals surface area contributed by atoms with Crippen molar-refractivity contribution in [2.75, 3.05) is 17.3 Å². The third-order valence-electron chi connectivity index (χ3n) is 2.65. The van der Waals surface area contributed by atoms with Crippen molar-refractivity contribution in [3.63, 3.8) is 0 Å². The summed E-state index contributed by atoms with van der Waals surface area (Å²) in [6.07, 6.45) is 7.00. The molecule has 0 amide bonds. The number of hydrogen-bond donors (Lipinski definition) is 3.